The van der Waals surface area contributed by atoms with Gasteiger partial charge in [0, 0.05) is 58.9 Å². The number of halogens is 2. The van der Waals surface area contributed by atoms with Crippen LogP contribution in [0.25, 0.3) is 0 Å². The maximum atomic E-state index is 12.6. The number of carbonyl (C=O) groups excluding carboxylic acids is 6. The maximum absolute atomic E-state index is 12.6. The number of rotatable bonds is 13. The molecule has 1 unspecified atom stereocenters. The molecule has 0 spiro atoms. The van der Waals surface area contributed by atoms with E-state index in [2.05, 4.69) is 16.5 Å². The molecule has 0 aliphatic carbocycles. The number of esters is 1. The van der Waals surface area contributed by atoms with Crippen molar-refractivity contribution >= 4 is 57.7 Å². The zero-order valence-corrected chi connectivity index (χ0v) is 45.5. The lowest BCUT2D eigenvalue weighted by molar-refractivity contribution is -0.306. The highest BCUT2D eigenvalue weighted by Gasteiger charge is 2.23. The normalized spacial score (nSPS) is 10.9. The summed E-state index contributed by atoms with van der Waals surface area (Å²) in [6, 6.07) is 46.1. The van der Waals surface area contributed by atoms with Crippen molar-refractivity contribution in [2.75, 3.05) is 13.5 Å². The first-order valence-electron chi connectivity index (χ1n) is 23.1. The van der Waals surface area contributed by atoms with E-state index in [1.54, 1.807) is 208 Å². The Hall–Kier alpha value is -6.68. The molecule has 0 bridgehead atoms. The summed E-state index contributed by atoms with van der Waals surface area (Å²) in [4.78, 5) is 86.7. The van der Waals surface area contributed by atoms with Gasteiger partial charge in [0.05, 0.1) is 22.3 Å². The van der Waals surface area contributed by atoms with Crippen LogP contribution in [0.2, 0.25) is 0 Å². The molecule has 0 saturated heterocycles. The highest BCUT2D eigenvalue weighted by atomic mass is 35.5. The Balaban J connectivity index is 0.000000498. The fourth-order valence-electron chi connectivity index (χ4n) is 5.49. The van der Waals surface area contributed by atoms with Crippen molar-refractivity contribution in [2.24, 2.45) is 0 Å². The van der Waals surface area contributed by atoms with Crippen molar-refractivity contribution in [3.63, 3.8) is 0 Å². The summed E-state index contributed by atoms with van der Waals surface area (Å²) in [6.07, 6.45) is 1.39. The van der Waals surface area contributed by atoms with E-state index in [1.165, 1.54) is 13.5 Å². The zero-order valence-electron chi connectivity index (χ0n) is 44.0. The van der Waals surface area contributed by atoms with Crippen LogP contribution >= 0.6 is 23.2 Å². The van der Waals surface area contributed by atoms with Crippen LogP contribution in [0, 0.1) is 0 Å². The van der Waals surface area contributed by atoms with Crippen LogP contribution < -0.4 is 0 Å². The topological polar surface area (TPSA) is 189 Å². The van der Waals surface area contributed by atoms with Crippen molar-refractivity contribution in [2.45, 2.75) is 98.8 Å². The van der Waals surface area contributed by atoms with Gasteiger partial charge in [0.25, 0.3) is 5.24 Å². The molecule has 1 atom stereocenters. The molecule has 0 aromatic heterocycles. The molecule has 13 nitrogen and oxygen atoms in total. The Morgan fingerprint density at radius 3 is 1.01 bits per heavy atom. The van der Waals surface area contributed by atoms with Crippen LogP contribution in [0.3, 0.4) is 0 Å². The molecule has 74 heavy (non-hydrogen) atoms. The number of methoxy groups -OCH3 is 1. The third-order valence-corrected chi connectivity index (χ3v) is 8.95. The van der Waals surface area contributed by atoms with Gasteiger partial charge in [-0.25, -0.2) is 14.5 Å². The van der Waals surface area contributed by atoms with Crippen molar-refractivity contribution < 1.29 is 63.3 Å². The Kier molecular flexibility index (Phi) is 29.3. The number of carbonyl (C=O) groups is 6. The van der Waals surface area contributed by atoms with E-state index < -0.39 is 40.3 Å². The molecular weight excluding hydrogens is 988 g/mol. The second-order valence-electron chi connectivity index (χ2n) is 18.4. The predicted octanol–water partition coefficient (Wildman–Crippen LogP) is 13.5. The summed E-state index contributed by atoms with van der Waals surface area (Å²) in [6.45, 7) is 17.7. The molecule has 6 aromatic carbocycles. The monoisotopic (exact) mass is 1050 g/mol. The summed E-state index contributed by atoms with van der Waals surface area (Å²) in [5.41, 5.74) is 1.67. The quantitative estimate of drug-likeness (QED) is 0.0212. The molecule has 0 radical (unpaired) electrons. The zero-order chi connectivity index (χ0) is 56.1. The van der Waals surface area contributed by atoms with Crippen LogP contribution in [-0.2, 0) is 24.1 Å². The highest BCUT2D eigenvalue weighted by Crippen LogP contribution is 2.20. The molecule has 0 heterocycles. The van der Waals surface area contributed by atoms with Crippen LogP contribution in [0.5, 0.6) is 0 Å². The lowest BCUT2D eigenvalue weighted by atomic mass is 9.98. The average molecular weight is 1060 g/mol. The number of benzene rings is 6. The Morgan fingerprint density at radius 1 is 0.473 bits per heavy atom. The Morgan fingerprint density at radius 2 is 0.743 bits per heavy atom. The molecule has 396 valence electrons. The van der Waals surface area contributed by atoms with E-state index in [0.717, 1.165) is 0 Å². The minimum absolute atomic E-state index is 0.181. The van der Waals surface area contributed by atoms with E-state index >= 15 is 0 Å². The van der Waals surface area contributed by atoms with Crippen LogP contribution in [-0.4, -0.2) is 81.5 Å². The largest absolute Gasteiger partial charge is 0.432 e. The molecule has 6 aromatic rings. The lowest BCUT2D eigenvalue weighted by Gasteiger charge is -2.17. The third kappa shape index (κ3) is 25.3. The van der Waals surface area contributed by atoms with Gasteiger partial charge in [0.2, 0.25) is 6.29 Å². The lowest BCUT2D eigenvalue weighted by Crippen LogP contribution is -2.23. The van der Waals surface area contributed by atoms with Crippen molar-refractivity contribution in [1.82, 2.24) is 0 Å². The van der Waals surface area contributed by atoms with Crippen LogP contribution in [0.4, 0.5) is 0 Å². The molecule has 0 amide bonds. The van der Waals surface area contributed by atoms with Crippen molar-refractivity contribution in [3.8, 4) is 0 Å². The number of ether oxygens (including phenoxy) is 2. The van der Waals surface area contributed by atoms with Gasteiger partial charge >= 0.3 is 11.9 Å². The standard InChI is InChI=1S/2C18H18O4.C14H9ClO2.C4H10O2.C4H10O.CH3Cl/c1-18(2,3)22-21-17(20)15-12-8-7-11-14(15)16(19)13-9-5-4-6-10-13;1-3-16(21-2)22-18(20)15-12-8-7-11-14(15)17(19)13-9-5-4-6-10-13;15-14(17)12-9-5-4-8-11(12)13(16)10-6-2-1-3-7-10;1-4(2,3)6-5;1-4(2,3)5;1-2/h4-12H,1-3H3;4-12,16H,3H2,1-2H3;1-9H;5H,1-3H3;5H,1-3H3;1H3. The number of ketones is 3. The molecule has 15 heteroatoms. The van der Waals surface area contributed by atoms with E-state index in [1.807, 2.05) is 25.1 Å². The molecule has 0 aliphatic heterocycles. The SMILES string of the molecule is CC(C)(C)O.CC(C)(C)OO.CC(C)(C)OOC(=O)c1ccccc1C(=O)c1ccccc1.CCC(OC)OC(=O)c1ccccc1C(=O)c1ccccc1.CCl.O=C(Cl)c1ccccc1C(=O)c1ccccc1. The number of hydrogen-bond donors (Lipinski definition) is 2. The summed E-state index contributed by atoms with van der Waals surface area (Å²) < 4.78 is 10.3. The second kappa shape index (κ2) is 33.2. The van der Waals surface area contributed by atoms with E-state index in [-0.39, 0.29) is 39.6 Å². The van der Waals surface area contributed by atoms with Gasteiger partial charge in [0.1, 0.15) is 5.60 Å². The van der Waals surface area contributed by atoms with Gasteiger partial charge in [0.15, 0.2) is 17.3 Å². The molecule has 2 N–H and O–H groups in total. The van der Waals surface area contributed by atoms with Gasteiger partial charge in [-0.15, -0.1) is 11.6 Å². The predicted molar refractivity (Wildman–Crippen MR) is 289 cm³/mol. The summed E-state index contributed by atoms with van der Waals surface area (Å²) >= 11 is 10.1. The molecule has 6 rings (SSSR count). The minimum Gasteiger partial charge on any atom is -0.432 e. The van der Waals surface area contributed by atoms with Gasteiger partial charge in [-0.3, -0.25) is 29.3 Å². The molecular formula is C59H68Cl2O13. The number of hydrogen-bond acceptors (Lipinski definition) is 13. The van der Waals surface area contributed by atoms with E-state index in [0.29, 0.717) is 34.2 Å². The minimum atomic E-state index is -0.685. The van der Waals surface area contributed by atoms with Crippen LogP contribution in [0.15, 0.2) is 164 Å². The third-order valence-electron chi connectivity index (χ3n) is 8.75. The van der Waals surface area contributed by atoms with Gasteiger partial charge in [-0.05, 0) is 92.1 Å². The van der Waals surface area contributed by atoms with Crippen molar-refractivity contribution in [1.29, 1.82) is 0 Å². The van der Waals surface area contributed by atoms with Gasteiger partial charge in [-0.2, -0.15) is 4.89 Å². The van der Waals surface area contributed by atoms with Crippen molar-refractivity contribution in [3.05, 3.63) is 214 Å². The number of alkyl halides is 1. The first-order chi connectivity index (χ1) is 34.8. The van der Waals surface area contributed by atoms with Gasteiger partial charge < -0.3 is 14.6 Å². The summed E-state index contributed by atoms with van der Waals surface area (Å²) in [7, 11) is 1.47. The van der Waals surface area contributed by atoms with E-state index in [9.17, 15) is 28.8 Å². The smallest absolute Gasteiger partial charge is 0.373 e. The number of aliphatic hydroxyl groups is 1. The van der Waals surface area contributed by atoms with Gasteiger partial charge in [-0.1, -0.05) is 153 Å². The summed E-state index contributed by atoms with van der Waals surface area (Å²) in [5, 5.41) is 15.8. The van der Waals surface area contributed by atoms with Crippen LogP contribution in [0.1, 0.15) is 154 Å². The fourth-order valence-corrected chi connectivity index (χ4v) is 5.66. The Labute approximate surface area is 445 Å². The molecule has 0 aliphatic rings. The molecule has 0 fully saturated rings. The first kappa shape index (κ1) is 65.3. The maximum Gasteiger partial charge on any atom is 0.373 e. The first-order valence-corrected chi connectivity index (χ1v) is 24.3. The van der Waals surface area contributed by atoms with E-state index in [4.69, 9.17) is 41.2 Å². The average Bonchev–Trinajstić information content (AvgIpc) is 3.39. The second-order valence-corrected chi connectivity index (χ2v) is 18.8. The molecule has 0 saturated carbocycles. The fraction of sp³-hybridized carbons (Fsp3) is 0.288. The Bertz CT molecular complexity index is 2640. The highest BCUT2D eigenvalue weighted by molar-refractivity contribution is 6.68. The summed E-state index contributed by atoms with van der Waals surface area (Å²) in [5.74, 6) is -1.89.